The molecule has 3 N–H and O–H groups in total. The number of aliphatic hydroxyl groups is 1. The summed E-state index contributed by atoms with van der Waals surface area (Å²) in [5.41, 5.74) is 3.53. The molecule has 0 unspecified atom stereocenters. The van der Waals surface area contributed by atoms with E-state index in [0.29, 0.717) is 11.6 Å². The molecule has 4 nitrogen and oxygen atoms in total. The Labute approximate surface area is 150 Å². The molecule has 4 heteroatoms. The van der Waals surface area contributed by atoms with Gasteiger partial charge in [0.25, 0.3) is 0 Å². The molecule has 0 atom stereocenters. The molecule has 0 heterocycles. The molecule has 2 aromatic rings. The van der Waals surface area contributed by atoms with Crippen molar-refractivity contribution >= 4 is 17.4 Å². The first-order valence-electron chi connectivity index (χ1n) is 9.04. The van der Waals surface area contributed by atoms with Crippen LogP contribution in [0.25, 0.3) is 0 Å². The Hall–Kier alpha value is -2.33. The third-order valence-corrected chi connectivity index (χ3v) is 4.28. The van der Waals surface area contributed by atoms with Crippen molar-refractivity contribution < 1.29 is 9.90 Å². The summed E-state index contributed by atoms with van der Waals surface area (Å²) in [4.78, 5) is 12.1. The number of amides is 2. The molecule has 0 saturated carbocycles. The number of rotatable bonds is 8. The lowest BCUT2D eigenvalue weighted by Gasteiger charge is -2.16. The van der Waals surface area contributed by atoms with Gasteiger partial charge >= 0.3 is 6.03 Å². The summed E-state index contributed by atoms with van der Waals surface area (Å²) < 4.78 is 0. The molecule has 0 aromatic heterocycles. The molecule has 0 aliphatic rings. The van der Waals surface area contributed by atoms with Gasteiger partial charge in [0.05, 0.1) is 6.61 Å². The fourth-order valence-electron chi connectivity index (χ4n) is 3.05. The Bertz CT molecular complexity index is 662. The second-order valence-corrected chi connectivity index (χ2v) is 6.33. The number of anilines is 2. The maximum Gasteiger partial charge on any atom is 0.323 e. The van der Waals surface area contributed by atoms with Crippen LogP contribution in [0.3, 0.4) is 0 Å². The summed E-state index contributed by atoms with van der Waals surface area (Å²) in [6.07, 6.45) is 4.75. The first kappa shape index (κ1) is 19.0. The normalized spacial score (nSPS) is 10.7. The van der Waals surface area contributed by atoms with Gasteiger partial charge in [0.1, 0.15) is 0 Å². The van der Waals surface area contributed by atoms with Gasteiger partial charge in [-0.2, -0.15) is 0 Å². The predicted octanol–water partition coefficient (Wildman–Crippen LogP) is 5.51. The van der Waals surface area contributed by atoms with Crippen LogP contribution in [0.4, 0.5) is 16.2 Å². The Morgan fingerprint density at radius 2 is 1.60 bits per heavy atom. The molecule has 0 fully saturated rings. The standard InChI is InChI=1S/C21H28N2O2/c1-3-6-17(7-4-2)18-10-12-19(13-11-18)22-21(25)23-20-9-5-8-16(14-20)15-24/h5,8-14,17,24H,3-4,6-7,15H2,1-2H3,(H2,22,23,25). The number of carbonyl (C=O) groups is 1. The lowest BCUT2D eigenvalue weighted by molar-refractivity contribution is 0.262. The summed E-state index contributed by atoms with van der Waals surface area (Å²) >= 11 is 0. The van der Waals surface area contributed by atoms with Crippen molar-refractivity contribution in [2.75, 3.05) is 10.6 Å². The lowest BCUT2D eigenvalue weighted by Crippen LogP contribution is -2.19. The molecule has 25 heavy (non-hydrogen) atoms. The smallest absolute Gasteiger partial charge is 0.323 e. The average molecular weight is 340 g/mol. The Balaban J connectivity index is 1.96. The molecule has 0 saturated heterocycles. The van der Waals surface area contributed by atoms with Crippen molar-refractivity contribution in [2.24, 2.45) is 0 Å². The van der Waals surface area contributed by atoms with Gasteiger partial charge in [0.2, 0.25) is 0 Å². The van der Waals surface area contributed by atoms with Crippen LogP contribution in [-0.2, 0) is 6.61 Å². The van der Waals surface area contributed by atoms with E-state index in [2.05, 4.69) is 36.6 Å². The SMILES string of the molecule is CCCC(CCC)c1ccc(NC(=O)Nc2cccc(CO)c2)cc1. The third kappa shape index (κ3) is 5.91. The number of aliphatic hydroxyl groups excluding tert-OH is 1. The van der Waals surface area contributed by atoms with Crippen molar-refractivity contribution in [1.82, 2.24) is 0 Å². The maximum atomic E-state index is 12.1. The molecule has 2 amide bonds. The van der Waals surface area contributed by atoms with Gasteiger partial charge in [-0.25, -0.2) is 4.79 Å². The zero-order chi connectivity index (χ0) is 18.1. The van der Waals surface area contributed by atoms with E-state index >= 15 is 0 Å². The number of nitrogens with one attached hydrogen (secondary N) is 2. The van der Waals surface area contributed by atoms with Crippen LogP contribution in [0.1, 0.15) is 56.6 Å². The minimum atomic E-state index is -0.290. The summed E-state index contributed by atoms with van der Waals surface area (Å²) in [6.45, 7) is 4.39. The van der Waals surface area contributed by atoms with Gasteiger partial charge in [-0.05, 0) is 54.2 Å². The molecule has 0 aliphatic carbocycles. The summed E-state index contributed by atoms with van der Waals surface area (Å²) in [5, 5.41) is 14.8. The van der Waals surface area contributed by atoms with E-state index < -0.39 is 0 Å². The second-order valence-electron chi connectivity index (χ2n) is 6.33. The lowest BCUT2D eigenvalue weighted by atomic mass is 9.90. The van der Waals surface area contributed by atoms with Gasteiger partial charge in [0, 0.05) is 11.4 Å². The monoisotopic (exact) mass is 340 g/mol. The van der Waals surface area contributed by atoms with Crippen LogP contribution in [0.5, 0.6) is 0 Å². The Kier molecular flexibility index (Phi) is 7.48. The molecular weight excluding hydrogens is 312 g/mol. The highest BCUT2D eigenvalue weighted by atomic mass is 16.3. The summed E-state index contributed by atoms with van der Waals surface area (Å²) in [6, 6.07) is 15.0. The molecule has 2 aromatic carbocycles. The van der Waals surface area contributed by atoms with Gasteiger partial charge in [0.15, 0.2) is 0 Å². The third-order valence-electron chi connectivity index (χ3n) is 4.28. The fourth-order valence-corrected chi connectivity index (χ4v) is 3.05. The van der Waals surface area contributed by atoms with Crippen LogP contribution < -0.4 is 10.6 Å². The molecule has 0 radical (unpaired) electrons. The zero-order valence-electron chi connectivity index (χ0n) is 15.1. The molecular formula is C21H28N2O2. The Morgan fingerprint density at radius 3 is 2.20 bits per heavy atom. The molecule has 0 spiro atoms. The Morgan fingerprint density at radius 1 is 0.960 bits per heavy atom. The number of benzene rings is 2. The van der Waals surface area contributed by atoms with Gasteiger partial charge in [-0.3, -0.25) is 0 Å². The van der Waals surface area contributed by atoms with E-state index in [1.54, 1.807) is 18.2 Å². The molecule has 0 bridgehead atoms. The van der Waals surface area contributed by atoms with Crippen molar-refractivity contribution in [3.8, 4) is 0 Å². The highest BCUT2D eigenvalue weighted by Gasteiger charge is 2.10. The van der Waals surface area contributed by atoms with Crippen LogP contribution in [-0.4, -0.2) is 11.1 Å². The van der Waals surface area contributed by atoms with Crippen molar-refractivity contribution in [3.05, 3.63) is 59.7 Å². The predicted molar refractivity (Wildman–Crippen MR) is 104 cm³/mol. The fraction of sp³-hybridized carbons (Fsp3) is 0.381. The second kappa shape index (κ2) is 9.84. The van der Waals surface area contributed by atoms with Crippen molar-refractivity contribution in [2.45, 2.75) is 52.1 Å². The van der Waals surface area contributed by atoms with E-state index in [0.717, 1.165) is 11.3 Å². The minimum absolute atomic E-state index is 0.0463. The highest BCUT2D eigenvalue weighted by Crippen LogP contribution is 2.27. The van der Waals surface area contributed by atoms with Crippen LogP contribution in [0, 0.1) is 0 Å². The van der Waals surface area contributed by atoms with Crippen molar-refractivity contribution in [1.29, 1.82) is 0 Å². The van der Waals surface area contributed by atoms with Gasteiger partial charge in [-0.1, -0.05) is 51.0 Å². The van der Waals surface area contributed by atoms with E-state index in [4.69, 9.17) is 5.11 Å². The maximum absolute atomic E-state index is 12.1. The zero-order valence-corrected chi connectivity index (χ0v) is 15.1. The molecule has 2 rings (SSSR count). The number of hydrogen-bond acceptors (Lipinski definition) is 2. The highest BCUT2D eigenvalue weighted by molar-refractivity contribution is 5.99. The quantitative estimate of drug-likeness (QED) is 0.593. The average Bonchev–Trinajstić information content (AvgIpc) is 2.62. The largest absolute Gasteiger partial charge is 0.392 e. The van der Waals surface area contributed by atoms with Gasteiger partial charge in [-0.15, -0.1) is 0 Å². The minimum Gasteiger partial charge on any atom is -0.392 e. The first-order chi connectivity index (χ1) is 12.2. The first-order valence-corrected chi connectivity index (χ1v) is 9.04. The van der Waals surface area contributed by atoms with Gasteiger partial charge < -0.3 is 15.7 Å². The van der Waals surface area contributed by atoms with Crippen LogP contribution >= 0.6 is 0 Å². The molecule has 134 valence electrons. The summed E-state index contributed by atoms with van der Waals surface area (Å²) in [7, 11) is 0. The van der Waals surface area contributed by atoms with E-state index in [9.17, 15) is 4.79 Å². The topological polar surface area (TPSA) is 61.4 Å². The van der Waals surface area contributed by atoms with Crippen LogP contribution in [0.15, 0.2) is 48.5 Å². The summed E-state index contributed by atoms with van der Waals surface area (Å²) in [5.74, 6) is 0.596. The van der Waals surface area contributed by atoms with Crippen LogP contribution in [0.2, 0.25) is 0 Å². The number of carbonyl (C=O) groups excluding carboxylic acids is 1. The van der Waals surface area contributed by atoms with E-state index in [1.807, 2.05) is 18.2 Å². The van der Waals surface area contributed by atoms with Crippen molar-refractivity contribution in [3.63, 3.8) is 0 Å². The van der Waals surface area contributed by atoms with E-state index in [-0.39, 0.29) is 12.6 Å². The number of hydrogen-bond donors (Lipinski definition) is 3. The molecule has 0 aliphatic heterocycles. The number of urea groups is 1. The van der Waals surface area contributed by atoms with E-state index in [1.165, 1.54) is 31.2 Å².